The molecule has 1 aromatic carbocycles. The van der Waals surface area contributed by atoms with Crippen LogP contribution < -0.4 is 4.74 Å². The van der Waals surface area contributed by atoms with Crippen LogP contribution in [-0.4, -0.2) is 49.2 Å². The van der Waals surface area contributed by atoms with Crippen LogP contribution >= 0.6 is 0 Å². The number of ether oxygens (including phenoxy) is 3. The Morgan fingerprint density at radius 3 is 2.16 bits per heavy atom. The Kier molecular flexibility index (Phi) is 18.9. The summed E-state index contributed by atoms with van der Waals surface area (Å²) >= 11 is 0. The van der Waals surface area contributed by atoms with Crippen LogP contribution in [0.25, 0.3) is 0 Å². The van der Waals surface area contributed by atoms with Crippen molar-refractivity contribution in [3.63, 3.8) is 0 Å². The minimum Gasteiger partial charge on any atom is -0.497 e. The third-order valence-corrected chi connectivity index (χ3v) is 5.53. The number of rotatable bonds is 19. The molecule has 1 aromatic rings. The molecule has 0 aromatic heterocycles. The predicted octanol–water partition coefficient (Wildman–Crippen LogP) is 6.03. The quantitative estimate of drug-likeness (QED) is 0.0995. The second kappa shape index (κ2) is 21.9. The molecule has 2 N–H and O–H groups in total. The molecule has 208 valence electrons. The third-order valence-electron chi connectivity index (χ3n) is 5.53. The Balaban J connectivity index is 2.12. The lowest BCUT2D eigenvalue weighted by molar-refractivity contribution is -0.140. The van der Waals surface area contributed by atoms with Gasteiger partial charge in [0.25, 0.3) is 0 Å². The highest BCUT2D eigenvalue weighted by molar-refractivity contribution is 5.69. The molecule has 3 atom stereocenters. The Labute approximate surface area is 228 Å². The molecule has 0 aliphatic carbocycles. The lowest BCUT2D eigenvalue weighted by Gasteiger charge is -2.15. The number of hydrogen-bond donors (Lipinski definition) is 2. The molecule has 0 radical (unpaired) electrons. The van der Waals surface area contributed by atoms with Crippen molar-refractivity contribution in [2.45, 2.75) is 57.8 Å². The van der Waals surface area contributed by atoms with Crippen LogP contribution in [0.3, 0.4) is 0 Å². The van der Waals surface area contributed by atoms with Crippen molar-refractivity contribution in [2.75, 3.05) is 20.8 Å². The second-order valence-corrected chi connectivity index (χ2v) is 8.81. The van der Waals surface area contributed by atoms with Gasteiger partial charge in [0.1, 0.15) is 5.75 Å². The number of carbonyl (C=O) groups excluding carboxylic acids is 1. The fourth-order valence-corrected chi connectivity index (χ4v) is 3.15. The van der Waals surface area contributed by atoms with Crippen LogP contribution in [-0.2, 0) is 20.9 Å². The van der Waals surface area contributed by atoms with Crippen LogP contribution in [0.2, 0.25) is 0 Å². The summed E-state index contributed by atoms with van der Waals surface area (Å²) in [5, 5.41) is 20.1. The van der Waals surface area contributed by atoms with E-state index in [2.05, 4.69) is 16.9 Å². The average Bonchev–Trinajstić information content (AvgIpc) is 2.93. The van der Waals surface area contributed by atoms with Gasteiger partial charge in [-0.3, -0.25) is 4.79 Å². The molecule has 0 aliphatic heterocycles. The highest BCUT2D eigenvalue weighted by atomic mass is 16.5. The van der Waals surface area contributed by atoms with Gasteiger partial charge in [-0.25, -0.2) is 0 Å². The maximum absolute atomic E-state index is 11.0. The van der Waals surface area contributed by atoms with Crippen LogP contribution in [0.1, 0.15) is 44.6 Å². The molecule has 0 spiro atoms. The lowest BCUT2D eigenvalue weighted by atomic mass is 10.1. The van der Waals surface area contributed by atoms with Gasteiger partial charge in [-0.1, -0.05) is 92.0 Å². The van der Waals surface area contributed by atoms with E-state index in [1.807, 2.05) is 73.7 Å². The van der Waals surface area contributed by atoms with E-state index in [0.29, 0.717) is 32.5 Å². The van der Waals surface area contributed by atoms with E-state index in [-0.39, 0.29) is 11.9 Å². The van der Waals surface area contributed by atoms with Crippen molar-refractivity contribution in [3.05, 3.63) is 103 Å². The van der Waals surface area contributed by atoms with Crippen molar-refractivity contribution in [1.82, 2.24) is 0 Å². The summed E-state index contributed by atoms with van der Waals surface area (Å²) in [6.07, 6.45) is 25.1. The van der Waals surface area contributed by atoms with Crippen molar-refractivity contribution in [1.29, 1.82) is 0 Å². The summed E-state index contributed by atoms with van der Waals surface area (Å²) in [6.45, 7) is 2.95. The summed E-state index contributed by atoms with van der Waals surface area (Å²) in [5.41, 5.74) is 1.07. The molecule has 1 rings (SSSR count). The first-order chi connectivity index (χ1) is 18.5. The highest BCUT2D eigenvalue weighted by Gasteiger charge is 2.11. The smallest absolute Gasteiger partial charge is 0.305 e. The molecule has 6 heteroatoms. The second-order valence-electron chi connectivity index (χ2n) is 8.81. The summed E-state index contributed by atoms with van der Waals surface area (Å²) in [7, 11) is 3.01. The van der Waals surface area contributed by atoms with Crippen molar-refractivity contribution in [3.8, 4) is 5.75 Å². The van der Waals surface area contributed by atoms with Crippen molar-refractivity contribution in [2.24, 2.45) is 5.92 Å². The lowest BCUT2D eigenvalue weighted by Crippen LogP contribution is -2.20. The molecule has 38 heavy (non-hydrogen) atoms. The Bertz CT molecular complexity index is 924. The number of methoxy groups -OCH3 is 2. The number of carbonyl (C=O) groups is 1. The number of unbranched alkanes of at least 4 members (excludes halogenated alkanes) is 1. The fourth-order valence-electron chi connectivity index (χ4n) is 3.15. The van der Waals surface area contributed by atoms with Gasteiger partial charge < -0.3 is 24.4 Å². The van der Waals surface area contributed by atoms with E-state index in [9.17, 15) is 15.0 Å². The zero-order valence-corrected chi connectivity index (χ0v) is 22.9. The van der Waals surface area contributed by atoms with E-state index in [4.69, 9.17) is 9.47 Å². The van der Waals surface area contributed by atoms with E-state index >= 15 is 0 Å². The van der Waals surface area contributed by atoms with Crippen LogP contribution in [0.4, 0.5) is 0 Å². The molecule has 0 amide bonds. The maximum Gasteiger partial charge on any atom is 0.305 e. The molecule has 0 saturated heterocycles. The number of benzene rings is 1. The van der Waals surface area contributed by atoms with Gasteiger partial charge in [0, 0.05) is 12.3 Å². The van der Waals surface area contributed by atoms with Gasteiger partial charge in [-0.15, -0.1) is 0 Å². The van der Waals surface area contributed by atoms with Crippen LogP contribution in [0.5, 0.6) is 5.75 Å². The van der Waals surface area contributed by atoms with Gasteiger partial charge in [-0.2, -0.15) is 0 Å². The molecule has 0 aliphatic rings. The zero-order valence-electron chi connectivity index (χ0n) is 22.9. The Morgan fingerprint density at radius 2 is 1.50 bits per heavy atom. The zero-order chi connectivity index (χ0) is 27.8. The largest absolute Gasteiger partial charge is 0.497 e. The summed E-state index contributed by atoms with van der Waals surface area (Å²) in [5.74, 6) is 0.570. The monoisotopic (exact) mass is 524 g/mol. The SMILES string of the molecule is COC(=O)CC/C=C/[C@@H](O)C/C=C/C=C/C=C/CC/C=C/C=C/[C@@H](O)[C@@H](C)COCc1ccc(OC)cc1. The molecule has 0 bridgehead atoms. The molecule has 0 heterocycles. The number of allylic oxidation sites excluding steroid dienone is 9. The predicted molar refractivity (Wildman–Crippen MR) is 154 cm³/mol. The Hall–Kier alpha value is -3.19. The molecular formula is C32H44O6. The minimum atomic E-state index is -0.559. The topological polar surface area (TPSA) is 85.2 Å². The first-order valence-electron chi connectivity index (χ1n) is 13.1. The van der Waals surface area contributed by atoms with Gasteiger partial charge in [0.15, 0.2) is 0 Å². The van der Waals surface area contributed by atoms with Gasteiger partial charge in [-0.05, 0) is 43.4 Å². The summed E-state index contributed by atoms with van der Waals surface area (Å²) in [4.78, 5) is 11.0. The van der Waals surface area contributed by atoms with E-state index < -0.39 is 12.2 Å². The molecule has 0 saturated carbocycles. The Morgan fingerprint density at radius 1 is 0.842 bits per heavy atom. The van der Waals surface area contributed by atoms with Crippen molar-refractivity contribution >= 4 is 5.97 Å². The summed E-state index contributed by atoms with van der Waals surface area (Å²) in [6, 6.07) is 7.76. The average molecular weight is 525 g/mol. The van der Waals surface area contributed by atoms with E-state index in [1.54, 1.807) is 25.3 Å². The van der Waals surface area contributed by atoms with Crippen LogP contribution in [0.15, 0.2) is 97.2 Å². The number of aliphatic hydroxyl groups is 2. The first kappa shape index (κ1) is 32.8. The minimum absolute atomic E-state index is 0.000527. The fraction of sp³-hybridized carbons (Fsp3) is 0.406. The van der Waals surface area contributed by atoms with Gasteiger partial charge in [0.05, 0.1) is 39.6 Å². The van der Waals surface area contributed by atoms with E-state index in [1.165, 1.54) is 7.11 Å². The van der Waals surface area contributed by atoms with Crippen LogP contribution in [0, 0.1) is 5.92 Å². The number of esters is 1. The van der Waals surface area contributed by atoms with Crippen molar-refractivity contribution < 1.29 is 29.2 Å². The third kappa shape index (κ3) is 17.3. The molecule has 6 nitrogen and oxygen atoms in total. The molecule has 0 unspecified atom stereocenters. The number of aliphatic hydroxyl groups excluding tert-OH is 2. The van der Waals surface area contributed by atoms with E-state index in [0.717, 1.165) is 24.2 Å². The van der Waals surface area contributed by atoms with Gasteiger partial charge in [0.2, 0.25) is 0 Å². The normalized spacial score (nSPS) is 15.0. The highest BCUT2D eigenvalue weighted by Crippen LogP contribution is 2.13. The maximum atomic E-state index is 11.0. The number of hydrogen-bond acceptors (Lipinski definition) is 6. The first-order valence-corrected chi connectivity index (χ1v) is 13.1. The molecule has 0 fully saturated rings. The van der Waals surface area contributed by atoms with Gasteiger partial charge >= 0.3 is 5.97 Å². The summed E-state index contributed by atoms with van der Waals surface area (Å²) < 4.78 is 15.4. The molecular weight excluding hydrogens is 480 g/mol. The standard InChI is InChI=1S/C32H44O6/c1-27(25-38-26-28-21-23-30(36-2)24-22-28)31(34)19-14-12-10-8-6-4-5-7-9-11-13-17-29(33)18-15-16-20-32(35)37-3/h4-5,7,9-15,18-19,21-24,27,29,31,33-34H,6,8,16-17,20,25-26H2,1-3H3/b5-4+,9-7+,12-10+,13-11+,18-15+,19-14+/t27-,29-,31+/m0/s1.